The zero-order valence-corrected chi connectivity index (χ0v) is 5.49. The van der Waals surface area contributed by atoms with Gasteiger partial charge in [0.15, 0.2) is 0 Å². The zero-order chi connectivity index (χ0) is 7.56. The first-order chi connectivity index (χ1) is 4.75. The number of nitriles is 1. The SMILES string of the molecule is N#CCC(C1CC1)[N+](=O)[O-]. The number of hydrogen-bond donors (Lipinski definition) is 0. The van der Waals surface area contributed by atoms with E-state index in [-0.39, 0.29) is 17.3 Å². The predicted molar refractivity (Wildman–Crippen MR) is 33.7 cm³/mol. The third kappa shape index (κ3) is 1.44. The van der Waals surface area contributed by atoms with Crippen molar-refractivity contribution in [2.75, 3.05) is 0 Å². The van der Waals surface area contributed by atoms with E-state index in [2.05, 4.69) is 0 Å². The van der Waals surface area contributed by atoms with Gasteiger partial charge < -0.3 is 0 Å². The van der Waals surface area contributed by atoms with Crippen molar-refractivity contribution in [2.24, 2.45) is 5.92 Å². The fourth-order valence-corrected chi connectivity index (χ4v) is 0.988. The molecule has 0 aromatic rings. The minimum absolute atomic E-state index is 0.0671. The van der Waals surface area contributed by atoms with Gasteiger partial charge in [-0.15, -0.1) is 0 Å². The van der Waals surface area contributed by atoms with Crippen LogP contribution in [-0.4, -0.2) is 11.0 Å². The molecule has 10 heavy (non-hydrogen) atoms. The van der Waals surface area contributed by atoms with Crippen LogP contribution in [-0.2, 0) is 0 Å². The van der Waals surface area contributed by atoms with Crippen LogP contribution in [0.15, 0.2) is 0 Å². The van der Waals surface area contributed by atoms with Gasteiger partial charge in [-0.05, 0) is 12.8 Å². The van der Waals surface area contributed by atoms with Gasteiger partial charge in [0.1, 0.15) is 6.42 Å². The molecule has 0 aromatic carbocycles. The minimum atomic E-state index is -0.593. The highest BCUT2D eigenvalue weighted by Gasteiger charge is 2.39. The van der Waals surface area contributed by atoms with Crippen molar-refractivity contribution in [1.82, 2.24) is 0 Å². The molecule has 0 saturated heterocycles. The van der Waals surface area contributed by atoms with Gasteiger partial charge in [0, 0.05) is 10.8 Å². The molecule has 0 radical (unpaired) electrons. The Hall–Kier alpha value is -1.11. The van der Waals surface area contributed by atoms with E-state index in [1.807, 2.05) is 6.07 Å². The van der Waals surface area contributed by atoms with E-state index >= 15 is 0 Å². The first kappa shape index (κ1) is 7.00. The monoisotopic (exact) mass is 140 g/mol. The summed E-state index contributed by atoms with van der Waals surface area (Å²) in [6.07, 6.45) is 1.92. The molecular formula is C6H8N2O2. The maximum Gasteiger partial charge on any atom is 0.228 e. The Kier molecular flexibility index (Phi) is 1.86. The second-order valence-corrected chi connectivity index (χ2v) is 2.55. The van der Waals surface area contributed by atoms with Crippen LogP contribution in [0, 0.1) is 27.4 Å². The standard InChI is InChI=1S/C6H8N2O2/c7-4-3-6(8(9)10)5-1-2-5/h5-6H,1-3H2. The molecule has 4 heteroatoms. The lowest BCUT2D eigenvalue weighted by atomic mass is 10.1. The molecule has 0 aromatic heterocycles. The normalized spacial score (nSPS) is 19.5. The van der Waals surface area contributed by atoms with Crippen molar-refractivity contribution in [1.29, 1.82) is 5.26 Å². The summed E-state index contributed by atoms with van der Waals surface area (Å²) in [5, 5.41) is 18.4. The molecule has 4 nitrogen and oxygen atoms in total. The summed E-state index contributed by atoms with van der Waals surface area (Å²) < 4.78 is 0. The van der Waals surface area contributed by atoms with E-state index in [0.717, 1.165) is 12.8 Å². The van der Waals surface area contributed by atoms with Crippen LogP contribution in [0.1, 0.15) is 19.3 Å². The minimum Gasteiger partial charge on any atom is -0.264 e. The molecule has 1 fully saturated rings. The van der Waals surface area contributed by atoms with Gasteiger partial charge >= 0.3 is 0 Å². The number of nitro groups is 1. The lowest BCUT2D eigenvalue weighted by Crippen LogP contribution is -2.20. The van der Waals surface area contributed by atoms with Crippen molar-refractivity contribution in [2.45, 2.75) is 25.3 Å². The second kappa shape index (κ2) is 2.65. The second-order valence-electron chi connectivity index (χ2n) is 2.55. The van der Waals surface area contributed by atoms with Crippen molar-refractivity contribution in [3.63, 3.8) is 0 Å². The molecule has 0 N–H and O–H groups in total. The summed E-state index contributed by atoms with van der Waals surface area (Å²) in [5.74, 6) is 0.189. The van der Waals surface area contributed by atoms with Crippen molar-refractivity contribution in [3.8, 4) is 6.07 Å². The molecule has 0 aliphatic heterocycles. The Balaban J connectivity index is 2.43. The maximum atomic E-state index is 10.2. The van der Waals surface area contributed by atoms with Crippen LogP contribution < -0.4 is 0 Å². The molecule has 1 unspecified atom stereocenters. The summed E-state index contributed by atoms with van der Waals surface area (Å²) in [5.41, 5.74) is 0. The number of nitrogens with zero attached hydrogens (tertiary/aromatic N) is 2. The van der Waals surface area contributed by atoms with Gasteiger partial charge in [-0.2, -0.15) is 5.26 Å². The van der Waals surface area contributed by atoms with E-state index in [4.69, 9.17) is 5.26 Å². The van der Waals surface area contributed by atoms with E-state index in [0.29, 0.717) is 0 Å². The van der Waals surface area contributed by atoms with Crippen LogP contribution in [0.4, 0.5) is 0 Å². The van der Waals surface area contributed by atoms with Crippen LogP contribution in [0.3, 0.4) is 0 Å². The topological polar surface area (TPSA) is 66.9 Å². The Morgan fingerprint density at radius 2 is 2.40 bits per heavy atom. The van der Waals surface area contributed by atoms with E-state index < -0.39 is 6.04 Å². The molecule has 1 aliphatic rings. The molecule has 54 valence electrons. The first-order valence-corrected chi connectivity index (χ1v) is 3.26. The molecule has 1 aliphatic carbocycles. The third-order valence-corrected chi connectivity index (χ3v) is 1.74. The fourth-order valence-electron chi connectivity index (χ4n) is 0.988. The maximum absolute atomic E-state index is 10.2. The van der Waals surface area contributed by atoms with Gasteiger partial charge in [0.25, 0.3) is 0 Å². The average molecular weight is 140 g/mol. The highest BCUT2D eigenvalue weighted by molar-refractivity contribution is 4.87. The van der Waals surface area contributed by atoms with Crippen molar-refractivity contribution in [3.05, 3.63) is 10.1 Å². The fraction of sp³-hybridized carbons (Fsp3) is 0.833. The zero-order valence-electron chi connectivity index (χ0n) is 5.49. The summed E-state index contributed by atoms with van der Waals surface area (Å²) >= 11 is 0. The van der Waals surface area contributed by atoms with Gasteiger partial charge in [-0.3, -0.25) is 10.1 Å². The quantitative estimate of drug-likeness (QED) is 0.433. The van der Waals surface area contributed by atoms with Gasteiger partial charge in [-0.25, -0.2) is 0 Å². The van der Waals surface area contributed by atoms with E-state index in [1.54, 1.807) is 0 Å². The highest BCUT2D eigenvalue weighted by Crippen LogP contribution is 2.35. The molecule has 0 spiro atoms. The molecule has 0 amide bonds. The Labute approximate surface area is 58.6 Å². The molecule has 0 heterocycles. The van der Waals surface area contributed by atoms with Crippen LogP contribution in [0.2, 0.25) is 0 Å². The summed E-state index contributed by atoms with van der Waals surface area (Å²) in [6, 6.07) is 1.24. The summed E-state index contributed by atoms with van der Waals surface area (Å²) in [7, 11) is 0. The first-order valence-electron chi connectivity index (χ1n) is 3.26. The van der Waals surface area contributed by atoms with Gasteiger partial charge in [-0.1, -0.05) is 0 Å². The Morgan fingerprint density at radius 1 is 1.80 bits per heavy atom. The van der Waals surface area contributed by atoms with Crippen molar-refractivity contribution < 1.29 is 4.92 Å². The largest absolute Gasteiger partial charge is 0.264 e. The third-order valence-electron chi connectivity index (χ3n) is 1.74. The molecule has 0 bridgehead atoms. The highest BCUT2D eigenvalue weighted by atomic mass is 16.6. The van der Waals surface area contributed by atoms with Crippen molar-refractivity contribution >= 4 is 0 Å². The van der Waals surface area contributed by atoms with E-state index in [1.165, 1.54) is 0 Å². The molecule has 1 saturated carbocycles. The lowest BCUT2D eigenvalue weighted by molar-refractivity contribution is -0.525. The van der Waals surface area contributed by atoms with Crippen LogP contribution >= 0.6 is 0 Å². The lowest BCUT2D eigenvalue weighted by Gasteiger charge is -2.00. The van der Waals surface area contributed by atoms with Crippen LogP contribution in [0.5, 0.6) is 0 Å². The van der Waals surface area contributed by atoms with Gasteiger partial charge in [0.05, 0.1) is 6.07 Å². The molecule has 1 rings (SSSR count). The van der Waals surface area contributed by atoms with Gasteiger partial charge in [0.2, 0.25) is 6.04 Å². The molecular weight excluding hydrogens is 132 g/mol. The Bertz CT molecular complexity index is 181. The Morgan fingerprint density at radius 3 is 2.70 bits per heavy atom. The average Bonchev–Trinajstić information content (AvgIpc) is 2.63. The molecule has 1 atom stereocenters. The summed E-state index contributed by atoms with van der Waals surface area (Å²) in [6.45, 7) is 0. The number of hydrogen-bond acceptors (Lipinski definition) is 3. The van der Waals surface area contributed by atoms with Crippen LogP contribution in [0.25, 0.3) is 0 Å². The number of rotatable bonds is 3. The van der Waals surface area contributed by atoms with E-state index in [9.17, 15) is 10.1 Å². The predicted octanol–water partition coefficient (Wildman–Crippen LogP) is 0.955. The summed E-state index contributed by atoms with van der Waals surface area (Å²) in [4.78, 5) is 9.89. The smallest absolute Gasteiger partial charge is 0.228 e.